The van der Waals surface area contributed by atoms with Gasteiger partial charge in [-0.1, -0.05) is 48.5 Å². The number of carboxylic acid groups (broad SMARTS) is 1. The van der Waals surface area contributed by atoms with E-state index in [0.29, 0.717) is 0 Å². The molecule has 6 heteroatoms. The van der Waals surface area contributed by atoms with Crippen molar-refractivity contribution in [3.63, 3.8) is 0 Å². The van der Waals surface area contributed by atoms with Gasteiger partial charge in [0.2, 0.25) is 0 Å². The molecular weight excluding hydrogens is 349 g/mol. The van der Waals surface area contributed by atoms with Crippen molar-refractivity contribution in [2.45, 2.75) is 18.4 Å². The molecule has 140 valence electrons. The first-order valence-corrected chi connectivity index (χ1v) is 9.00. The molecule has 27 heavy (non-hydrogen) atoms. The van der Waals surface area contributed by atoms with Gasteiger partial charge in [0.1, 0.15) is 12.6 Å². The molecule has 5 nitrogen and oxygen atoms in total. The van der Waals surface area contributed by atoms with Crippen LogP contribution >= 0.6 is 0 Å². The van der Waals surface area contributed by atoms with Crippen LogP contribution in [0.25, 0.3) is 11.1 Å². The summed E-state index contributed by atoms with van der Waals surface area (Å²) in [7, 11) is 0. The molecule has 0 radical (unpaired) electrons. The van der Waals surface area contributed by atoms with Gasteiger partial charge in [0, 0.05) is 18.4 Å². The maximum Gasteiger partial charge on any atom is 0.410 e. The normalized spacial score (nSPS) is 21.0. The van der Waals surface area contributed by atoms with Gasteiger partial charge in [-0.2, -0.15) is 0 Å². The molecule has 0 aromatic heterocycles. The predicted octanol–water partition coefficient (Wildman–Crippen LogP) is 3.68. The molecule has 1 saturated heterocycles. The molecule has 2 aromatic carbocycles. The second kappa shape index (κ2) is 7.02. The molecule has 0 unspecified atom stereocenters. The number of aliphatic carboxylic acids is 1. The number of rotatable bonds is 4. The molecule has 2 atom stereocenters. The Balaban J connectivity index is 1.52. The number of hydrogen-bond donors (Lipinski definition) is 1. The first-order chi connectivity index (χ1) is 13.1. The van der Waals surface area contributed by atoms with Crippen molar-refractivity contribution in [1.82, 2.24) is 4.90 Å². The van der Waals surface area contributed by atoms with Gasteiger partial charge in [-0.15, -0.1) is 0 Å². The summed E-state index contributed by atoms with van der Waals surface area (Å²) < 4.78 is 18.5. The second-order valence-electron chi connectivity index (χ2n) is 7.07. The van der Waals surface area contributed by atoms with E-state index in [2.05, 4.69) is 0 Å². The molecule has 1 aliphatic heterocycles. The summed E-state index contributed by atoms with van der Waals surface area (Å²) in [5.74, 6) is -1.67. The zero-order valence-electron chi connectivity index (χ0n) is 14.7. The van der Waals surface area contributed by atoms with Crippen molar-refractivity contribution in [3.05, 3.63) is 59.7 Å². The van der Waals surface area contributed by atoms with Crippen LogP contribution in [-0.2, 0) is 9.53 Å². The van der Waals surface area contributed by atoms with Crippen LogP contribution < -0.4 is 0 Å². The molecule has 1 N–H and O–H groups in total. The summed E-state index contributed by atoms with van der Waals surface area (Å²) in [4.78, 5) is 25.1. The molecule has 0 bridgehead atoms. The number of halogens is 1. The number of hydrogen-bond acceptors (Lipinski definition) is 3. The van der Waals surface area contributed by atoms with Crippen molar-refractivity contribution in [1.29, 1.82) is 0 Å². The third kappa shape index (κ3) is 3.05. The summed E-state index contributed by atoms with van der Waals surface area (Å²) >= 11 is 0. The number of carbonyl (C=O) groups is 2. The van der Waals surface area contributed by atoms with E-state index in [1.165, 1.54) is 0 Å². The highest BCUT2D eigenvalue weighted by Crippen LogP contribution is 2.44. The fraction of sp³-hybridized carbons (Fsp3) is 0.333. The van der Waals surface area contributed by atoms with E-state index in [4.69, 9.17) is 4.74 Å². The highest BCUT2D eigenvalue weighted by atomic mass is 19.1. The zero-order valence-corrected chi connectivity index (χ0v) is 14.7. The lowest BCUT2D eigenvalue weighted by molar-refractivity contribution is -0.141. The fourth-order valence-corrected chi connectivity index (χ4v) is 4.15. The van der Waals surface area contributed by atoms with Gasteiger partial charge in [0.05, 0.1) is 6.67 Å². The quantitative estimate of drug-likeness (QED) is 0.893. The van der Waals surface area contributed by atoms with E-state index in [1.54, 1.807) is 0 Å². The van der Waals surface area contributed by atoms with E-state index in [9.17, 15) is 19.1 Å². The fourth-order valence-electron chi connectivity index (χ4n) is 4.15. The summed E-state index contributed by atoms with van der Waals surface area (Å²) in [6.45, 7) is -0.447. The van der Waals surface area contributed by atoms with Gasteiger partial charge >= 0.3 is 12.1 Å². The van der Waals surface area contributed by atoms with Crippen LogP contribution in [0.15, 0.2) is 48.5 Å². The monoisotopic (exact) mass is 369 g/mol. The first kappa shape index (κ1) is 17.5. The number of carboxylic acids is 1. The van der Waals surface area contributed by atoms with Crippen LogP contribution in [-0.4, -0.2) is 47.9 Å². The summed E-state index contributed by atoms with van der Waals surface area (Å²) in [5.41, 5.74) is 4.42. The molecule has 1 fully saturated rings. The number of nitrogens with zero attached hydrogens (tertiary/aromatic N) is 1. The average Bonchev–Trinajstić information content (AvgIpc) is 3.26. The number of likely N-dealkylation sites (tertiary alicyclic amines) is 1. The van der Waals surface area contributed by atoms with Crippen molar-refractivity contribution in [2.24, 2.45) is 5.92 Å². The number of fused-ring (bicyclic) bond motifs is 3. The Hall–Kier alpha value is -2.89. The van der Waals surface area contributed by atoms with Crippen molar-refractivity contribution in [2.75, 3.05) is 19.8 Å². The predicted molar refractivity (Wildman–Crippen MR) is 97.3 cm³/mol. The molecule has 0 saturated carbocycles. The maximum absolute atomic E-state index is 13.0. The summed E-state index contributed by atoms with van der Waals surface area (Å²) in [5, 5.41) is 9.31. The number of ether oxygens (including phenoxy) is 1. The number of carbonyl (C=O) groups excluding carboxylic acids is 1. The van der Waals surface area contributed by atoms with E-state index >= 15 is 0 Å². The molecule has 1 aliphatic carbocycles. The van der Waals surface area contributed by atoms with Crippen molar-refractivity contribution >= 4 is 12.1 Å². The average molecular weight is 369 g/mol. The number of benzene rings is 2. The smallest absolute Gasteiger partial charge is 0.410 e. The van der Waals surface area contributed by atoms with E-state index in [1.807, 2.05) is 48.5 Å². The molecule has 2 aromatic rings. The van der Waals surface area contributed by atoms with Crippen LogP contribution in [0.2, 0.25) is 0 Å². The molecule has 1 heterocycles. The van der Waals surface area contributed by atoms with Crippen LogP contribution in [0.4, 0.5) is 9.18 Å². The van der Waals surface area contributed by atoms with Gasteiger partial charge in [0.25, 0.3) is 0 Å². The van der Waals surface area contributed by atoms with Crippen LogP contribution in [0.5, 0.6) is 0 Å². The largest absolute Gasteiger partial charge is 0.480 e. The number of alkyl halides is 1. The standard InChI is InChI=1S/C21H20FNO4/c22-10-13-9-19(20(24)25)23(11-13)21(26)27-12-18-16-7-3-1-5-14(16)15-6-2-4-8-17(15)18/h1-8,13,18-19H,9-12H2,(H,24,25)/t13-,19-/m0/s1. The second-order valence-corrected chi connectivity index (χ2v) is 7.07. The highest BCUT2D eigenvalue weighted by molar-refractivity contribution is 5.81. The minimum Gasteiger partial charge on any atom is -0.480 e. The SMILES string of the molecule is O=C(O)[C@@H]1C[C@@H](CF)CN1C(=O)OCC1c2ccccc2-c2ccccc21. The summed E-state index contributed by atoms with van der Waals surface area (Å²) in [6, 6.07) is 14.9. The Labute approximate surface area is 156 Å². The lowest BCUT2D eigenvalue weighted by Crippen LogP contribution is -2.41. The van der Waals surface area contributed by atoms with Crippen LogP contribution in [0.3, 0.4) is 0 Å². The lowest BCUT2D eigenvalue weighted by atomic mass is 9.98. The molecule has 4 rings (SSSR count). The first-order valence-electron chi connectivity index (χ1n) is 9.00. The third-order valence-electron chi connectivity index (χ3n) is 5.46. The topological polar surface area (TPSA) is 66.8 Å². The van der Waals surface area contributed by atoms with Gasteiger partial charge in [-0.25, -0.2) is 9.59 Å². The Morgan fingerprint density at radius 1 is 1.07 bits per heavy atom. The van der Waals surface area contributed by atoms with Crippen LogP contribution in [0.1, 0.15) is 23.5 Å². The van der Waals surface area contributed by atoms with Crippen molar-refractivity contribution < 1.29 is 23.8 Å². The van der Waals surface area contributed by atoms with Gasteiger partial charge in [-0.05, 0) is 28.7 Å². The Morgan fingerprint density at radius 3 is 2.22 bits per heavy atom. The zero-order chi connectivity index (χ0) is 19.0. The number of amides is 1. The van der Waals surface area contributed by atoms with E-state index < -0.39 is 30.7 Å². The molecule has 1 amide bonds. The minimum absolute atomic E-state index is 0.0736. The summed E-state index contributed by atoms with van der Waals surface area (Å²) in [6.07, 6.45) is -0.573. The highest BCUT2D eigenvalue weighted by Gasteiger charge is 2.41. The third-order valence-corrected chi connectivity index (χ3v) is 5.46. The van der Waals surface area contributed by atoms with Gasteiger partial charge in [0.15, 0.2) is 0 Å². The van der Waals surface area contributed by atoms with E-state index in [0.717, 1.165) is 27.2 Å². The molecule has 0 spiro atoms. The lowest BCUT2D eigenvalue weighted by Gasteiger charge is -2.22. The maximum atomic E-state index is 13.0. The van der Waals surface area contributed by atoms with Crippen molar-refractivity contribution in [3.8, 4) is 11.1 Å². The molecular formula is C21H20FNO4. The minimum atomic E-state index is -1.13. The Bertz CT molecular complexity index is 838. The van der Waals surface area contributed by atoms with Gasteiger partial charge < -0.3 is 9.84 Å². The Kier molecular flexibility index (Phi) is 4.56. The van der Waals surface area contributed by atoms with E-state index in [-0.39, 0.29) is 25.5 Å². The van der Waals surface area contributed by atoms with Crippen LogP contribution in [0, 0.1) is 5.92 Å². The Morgan fingerprint density at radius 2 is 1.67 bits per heavy atom. The van der Waals surface area contributed by atoms with Gasteiger partial charge in [-0.3, -0.25) is 9.29 Å². The molecule has 2 aliphatic rings.